The average Bonchev–Trinajstić information content (AvgIpc) is 2.70. The normalized spacial score (nSPS) is 11.1. The second-order valence-electron chi connectivity index (χ2n) is 6.31. The van der Waals surface area contributed by atoms with Crippen LogP contribution in [-0.2, 0) is 10.0 Å². The molecule has 1 aromatic heterocycles. The molecule has 4 N–H and O–H groups in total. The van der Waals surface area contributed by atoms with Gasteiger partial charge in [0.2, 0.25) is 10.0 Å². The van der Waals surface area contributed by atoms with E-state index in [1.807, 2.05) is 22.6 Å². The average molecular weight is 556 g/mol. The van der Waals surface area contributed by atoms with Gasteiger partial charge in [0, 0.05) is 9.64 Å². The van der Waals surface area contributed by atoms with Crippen LogP contribution in [0.2, 0.25) is 0 Å². The molecule has 0 aliphatic rings. The molecule has 31 heavy (non-hydrogen) atoms. The molecule has 0 saturated carbocycles. The molecule has 1 heterocycles. The summed E-state index contributed by atoms with van der Waals surface area (Å²) in [7, 11) is -3.47. The molecule has 0 unspecified atom stereocenters. The van der Waals surface area contributed by atoms with Gasteiger partial charge in [0.1, 0.15) is 17.1 Å². The van der Waals surface area contributed by atoms with Crippen LogP contribution in [0.25, 0.3) is 0 Å². The molecule has 0 fully saturated rings. The monoisotopic (exact) mass is 556 g/mol. The number of ether oxygens (including phenoxy) is 1. The Bertz CT molecular complexity index is 1240. The zero-order valence-electron chi connectivity index (χ0n) is 16.2. The van der Waals surface area contributed by atoms with E-state index >= 15 is 0 Å². The van der Waals surface area contributed by atoms with Crippen LogP contribution in [0.1, 0.15) is 17.3 Å². The fourth-order valence-corrected chi connectivity index (χ4v) is 3.69. The Morgan fingerprint density at radius 1 is 1.19 bits per heavy atom. The number of halogens is 2. The zero-order chi connectivity index (χ0) is 22.6. The van der Waals surface area contributed by atoms with Crippen molar-refractivity contribution in [2.75, 3.05) is 15.8 Å². The van der Waals surface area contributed by atoms with E-state index in [9.17, 15) is 17.6 Å². The number of nitrogens with two attached hydrogens (primary N) is 1. The predicted octanol–water partition coefficient (Wildman–Crippen LogP) is 4.22. The van der Waals surface area contributed by atoms with Gasteiger partial charge in [-0.3, -0.25) is 14.5 Å². The highest BCUT2D eigenvalue weighted by atomic mass is 127. The summed E-state index contributed by atoms with van der Waals surface area (Å²) < 4.78 is 46.7. The van der Waals surface area contributed by atoms with E-state index in [2.05, 4.69) is 15.0 Å². The van der Waals surface area contributed by atoms with Crippen LogP contribution in [0.4, 0.5) is 21.5 Å². The molecule has 0 atom stereocenters. The summed E-state index contributed by atoms with van der Waals surface area (Å²) in [5.74, 6) is -1.13. The number of aromatic nitrogens is 1. The lowest BCUT2D eigenvalue weighted by molar-refractivity contribution is 0.0999. The smallest absolute Gasteiger partial charge is 0.254 e. The van der Waals surface area contributed by atoms with Gasteiger partial charge in [-0.25, -0.2) is 12.8 Å². The third-order valence-corrected chi connectivity index (χ3v) is 6.05. The maximum atomic E-state index is 14.2. The number of amides is 1. The molecule has 11 heteroatoms. The van der Waals surface area contributed by atoms with Crippen molar-refractivity contribution < 1.29 is 22.3 Å². The van der Waals surface area contributed by atoms with E-state index in [4.69, 9.17) is 10.5 Å². The number of pyridine rings is 1. The first-order valence-corrected chi connectivity index (χ1v) is 11.7. The lowest BCUT2D eigenvalue weighted by Crippen LogP contribution is -2.15. The summed E-state index contributed by atoms with van der Waals surface area (Å²) in [6.45, 7) is 1.52. The van der Waals surface area contributed by atoms with Gasteiger partial charge in [0.05, 0.1) is 35.2 Å². The van der Waals surface area contributed by atoms with Gasteiger partial charge in [-0.1, -0.05) is 6.07 Å². The van der Waals surface area contributed by atoms with Crippen molar-refractivity contribution in [3.8, 4) is 11.5 Å². The number of carbonyl (C=O) groups excluding carboxylic acids is 1. The predicted molar refractivity (Wildman–Crippen MR) is 125 cm³/mol. The number of anilines is 3. The van der Waals surface area contributed by atoms with Crippen LogP contribution >= 0.6 is 22.6 Å². The lowest BCUT2D eigenvalue weighted by Gasteiger charge is -2.15. The van der Waals surface area contributed by atoms with Gasteiger partial charge >= 0.3 is 0 Å². The molecule has 2 aromatic carbocycles. The molecular weight excluding hydrogens is 538 g/mol. The van der Waals surface area contributed by atoms with Crippen molar-refractivity contribution in [3.05, 3.63) is 69.8 Å². The molecule has 3 rings (SSSR count). The van der Waals surface area contributed by atoms with E-state index in [1.165, 1.54) is 37.5 Å². The Kier molecular flexibility index (Phi) is 6.95. The van der Waals surface area contributed by atoms with Crippen molar-refractivity contribution in [2.45, 2.75) is 6.92 Å². The Morgan fingerprint density at radius 3 is 2.65 bits per heavy atom. The Hall–Kier alpha value is -2.93. The molecule has 8 nitrogen and oxygen atoms in total. The van der Waals surface area contributed by atoms with E-state index in [0.717, 1.165) is 0 Å². The Balaban J connectivity index is 1.94. The summed E-state index contributed by atoms with van der Waals surface area (Å²) in [4.78, 5) is 16.2. The molecule has 162 valence electrons. The minimum Gasteiger partial charge on any atom is -0.455 e. The standard InChI is InChI=1S/C20H18FIN4O4S/c1-2-31(28,29)26-13-4-3-5-14(9-13)30-18-11-24-10-17(19(18)20(23)27)25-16-7-6-12(22)8-15(16)21/h3-11,25-26H,2H2,1H3,(H2,23,27). The number of benzene rings is 2. The van der Waals surface area contributed by atoms with Crippen molar-refractivity contribution in [1.29, 1.82) is 0 Å². The van der Waals surface area contributed by atoms with E-state index < -0.39 is 21.7 Å². The van der Waals surface area contributed by atoms with Crippen molar-refractivity contribution >= 4 is 55.6 Å². The fraction of sp³-hybridized carbons (Fsp3) is 0.100. The number of nitrogens with zero attached hydrogens (tertiary/aromatic N) is 1. The highest BCUT2D eigenvalue weighted by molar-refractivity contribution is 14.1. The van der Waals surface area contributed by atoms with Crippen molar-refractivity contribution in [2.24, 2.45) is 5.73 Å². The van der Waals surface area contributed by atoms with Gasteiger partial charge < -0.3 is 15.8 Å². The minimum absolute atomic E-state index is 0.0268. The van der Waals surface area contributed by atoms with Crippen LogP contribution < -0.4 is 20.5 Å². The SMILES string of the molecule is CCS(=O)(=O)Nc1cccc(Oc2cncc(Nc3ccc(I)cc3F)c2C(N)=O)c1. The second kappa shape index (κ2) is 9.47. The number of nitrogens with one attached hydrogen (secondary N) is 2. The molecule has 0 aliphatic heterocycles. The minimum atomic E-state index is -3.47. The summed E-state index contributed by atoms with van der Waals surface area (Å²) in [6.07, 6.45) is 2.62. The third kappa shape index (κ3) is 5.82. The zero-order valence-corrected chi connectivity index (χ0v) is 19.2. The van der Waals surface area contributed by atoms with Crippen LogP contribution in [0.3, 0.4) is 0 Å². The highest BCUT2D eigenvalue weighted by Gasteiger charge is 2.18. The third-order valence-electron chi connectivity index (χ3n) is 4.07. The van der Waals surface area contributed by atoms with Gasteiger partial charge in [0.15, 0.2) is 5.75 Å². The first kappa shape index (κ1) is 22.7. The largest absolute Gasteiger partial charge is 0.455 e. The fourth-order valence-electron chi connectivity index (χ4n) is 2.61. The summed E-state index contributed by atoms with van der Waals surface area (Å²) in [5.41, 5.74) is 6.10. The lowest BCUT2D eigenvalue weighted by atomic mass is 10.2. The molecule has 0 aliphatic carbocycles. The number of hydrogen-bond acceptors (Lipinski definition) is 6. The number of sulfonamides is 1. The summed E-state index contributed by atoms with van der Waals surface area (Å²) in [6, 6.07) is 10.7. The Labute approximate surface area is 192 Å². The second-order valence-corrected chi connectivity index (χ2v) is 9.57. The molecule has 1 amide bonds. The highest BCUT2D eigenvalue weighted by Crippen LogP contribution is 2.32. The topological polar surface area (TPSA) is 123 Å². The number of primary amides is 1. The van der Waals surface area contributed by atoms with Crippen LogP contribution in [-0.4, -0.2) is 25.1 Å². The van der Waals surface area contributed by atoms with E-state index in [0.29, 0.717) is 9.26 Å². The van der Waals surface area contributed by atoms with Gasteiger partial charge in [-0.05, 0) is 59.8 Å². The molecule has 0 spiro atoms. The first-order chi connectivity index (χ1) is 14.7. The van der Waals surface area contributed by atoms with Crippen molar-refractivity contribution in [3.63, 3.8) is 0 Å². The molecular formula is C20H18FIN4O4S. The molecule has 0 bridgehead atoms. The van der Waals surface area contributed by atoms with Gasteiger partial charge in [-0.15, -0.1) is 0 Å². The van der Waals surface area contributed by atoms with Gasteiger partial charge in [-0.2, -0.15) is 0 Å². The number of carbonyl (C=O) groups is 1. The van der Waals surface area contributed by atoms with E-state index in [1.54, 1.807) is 24.3 Å². The van der Waals surface area contributed by atoms with Crippen LogP contribution in [0.5, 0.6) is 11.5 Å². The van der Waals surface area contributed by atoms with Crippen LogP contribution in [0.15, 0.2) is 54.9 Å². The molecule has 3 aromatic rings. The van der Waals surface area contributed by atoms with E-state index in [-0.39, 0.29) is 34.2 Å². The summed E-state index contributed by atoms with van der Waals surface area (Å²) in [5, 5.41) is 2.81. The van der Waals surface area contributed by atoms with Gasteiger partial charge in [0.25, 0.3) is 5.91 Å². The maximum Gasteiger partial charge on any atom is 0.254 e. The molecule has 0 saturated heterocycles. The van der Waals surface area contributed by atoms with Crippen molar-refractivity contribution in [1.82, 2.24) is 4.98 Å². The quantitative estimate of drug-likeness (QED) is 0.357. The summed E-state index contributed by atoms with van der Waals surface area (Å²) >= 11 is 1.98. The molecule has 0 radical (unpaired) electrons. The number of hydrogen-bond donors (Lipinski definition) is 3. The number of rotatable bonds is 8. The maximum absolute atomic E-state index is 14.2. The Morgan fingerprint density at radius 2 is 1.97 bits per heavy atom. The van der Waals surface area contributed by atoms with Crippen LogP contribution in [0, 0.1) is 9.39 Å². The first-order valence-electron chi connectivity index (χ1n) is 8.97.